The average molecular weight is 442 g/mol. The van der Waals surface area contributed by atoms with Crippen LogP contribution in [0.2, 0.25) is 0 Å². The zero-order chi connectivity index (χ0) is 22.1. The zero-order valence-electron chi connectivity index (χ0n) is 17.2. The number of amidine groups is 2. The first-order chi connectivity index (χ1) is 15.5. The molecule has 0 spiro atoms. The minimum absolute atomic E-state index is 0.0334. The third-order valence-electron chi connectivity index (χ3n) is 5.75. The molecule has 0 aliphatic carbocycles. The maximum atomic E-state index is 13.7. The number of anilines is 1. The van der Waals surface area contributed by atoms with Gasteiger partial charge < -0.3 is 10.6 Å². The van der Waals surface area contributed by atoms with E-state index in [-0.39, 0.29) is 17.6 Å². The second-order valence-corrected chi connectivity index (χ2v) is 7.84. The van der Waals surface area contributed by atoms with E-state index in [1.165, 1.54) is 12.1 Å². The first kappa shape index (κ1) is 20.7. The minimum atomic E-state index is -4.48. The minimum Gasteiger partial charge on any atom is -0.314 e. The number of nitrogens with one attached hydrogen (secondary N) is 4. The van der Waals surface area contributed by atoms with Crippen LogP contribution in [0.5, 0.6) is 0 Å². The van der Waals surface area contributed by atoms with Gasteiger partial charge in [-0.25, -0.2) is 0 Å². The molecule has 1 unspecified atom stereocenters. The van der Waals surface area contributed by atoms with Gasteiger partial charge in [0.25, 0.3) is 0 Å². The van der Waals surface area contributed by atoms with Gasteiger partial charge in [-0.2, -0.15) is 18.3 Å². The molecule has 5 rings (SSSR count). The maximum absolute atomic E-state index is 13.7. The summed E-state index contributed by atoms with van der Waals surface area (Å²) in [6, 6.07) is 13.2. The number of hydrogen-bond acceptors (Lipinski definition) is 5. The van der Waals surface area contributed by atoms with Crippen molar-refractivity contribution in [1.82, 2.24) is 20.4 Å². The molecule has 3 aromatic rings. The number of nitrogens with zero attached hydrogens (tertiary/aromatic N) is 3. The summed E-state index contributed by atoms with van der Waals surface area (Å²) in [5, 5.41) is 14.8. The standard InChI is InChI=1S/C22H22F3N7/c23-22(24,25)16-7-3-1-5-14(16)20-27-18(13-19(29-20)32-11-9-26-10-12-32)28-21-15-6-2-4-8-17(15)30-31-21/h1-8,19,26H,9-13H2,(H2,27,28,29,30,31)/p+1. The molecule has 2 aliphatic heterocycles. The summed E-state index contributed by atoms with van der Waals surface area (Å²) in [7, 11) is 0. The van der Waals surface area contributed by atoms with Crippen molar-refractivity contribution >= 4 is 28.4 Å². The number of hydrogen-bond donors (Lipinski definition) is 4. The molecule has 7 nitrogen and oxygen atoms in total. The zero-order valence-corrected chi connectivity index (χ0v) is 17.2. The number of fused-ring (bicyclic) bond motifs is 1. The van der Waals surface area contributed by atoms with Crippen LogP contribution in [0.15, 0.2) is 53.5 Å². The normalized spacial score (nSPS) is 20.2. The fraction of sp³-hybridized carbons (Fsp3) is 0.318. The number of aromatic nitrogens is 2. The summed E-state index contributed by atoms with van der Waals surface area (Å²) in [4.78, 5) is 10.1. The second-order valence-electron chi connectivity index (χ2n) is 7.84. The highest BCUT2D eigenvalue weighted by atomic mass is 19.4. The summed E-state index contributed by atoms with van der Waals surface area (Å²) in [6.45, 7) is 3.25. The number of aromatic amines is 1. The summed E-state index contributed by atoms with van der Waals surface area (Å²) in [5.74, 6) is 1.37. The summed E-state index contributed by atoms with van der Waals surface area (Å²) in [5.41, 5.74) is 0.192. The molecule has 3 heterocycles. The van der Waals surface area contributed by atoms with Crippen molar-refractivity contribution in [2.45, 2.75) is 18.8 Å². The molecular formula is C22H23F3N7+. The molecular weight excluding hydrogens is 419 g/mol. The molecule has 0 saturated carbocycles. The van der Waals surface area contributed by atoms with E-state index in [0.29, 0.717) is 18.1 Å². The van der Waals surface area contributed by atoms with E-state index in [2.05, 4.69) is 35.7 Å². The van der Waals surface area contributed by atoms with E-state index in [1.807, 2.05) is 24.3 Å². The van der Waals surface area contributed by atoms with Gasteiger partial charge in [0, 0.05) is 31.6 Å². The van der Waals surface area contributed by atoms with Crippen LogP contribution in [0.25, 0.3) is 10.9 Å². The number of benzene rings is 2. The number of para-hydroxylation sites is 1. The van der Waals surface area contributed by atoms with Crippen molar-refractivity contribution in [3.8, 4) is 0 Å². The first-order valence-electron chi connectivity index (χ1n) is 10.5. The number of halogens is 3. The second kappa shape index (κ2) is 8.36. The van der Waals surface area contributed by atoms with Crippen LogP contribution in [-0.4, -0.2) is 59.1 Å². The summed E-state index contributed by atoms with van der Waals surface area (Å²) in [6.07, 6.45) is -4.15. The van der Waals surface area contributed by atoms with Crippen LogP contribution in [0, 0.1) is 0 Å². The molecule has 1 aromatic heterocycles. The van der Waals surface area contributed by atoms with Gasteiger partial charge in [0.2, 0.25) is 5.84 Å². The van der Waals surface area contributed by atoms with Crippen molar-refractivity contribution in [3.05, 3.63) is 59.7 Å². The van der Waals surface area contributed by atoms with E-state index in [4.69, 9.17) is 0 Å². The van der Waals surface area contributed by atoms with Gasteiger partial charge in [0.1, 0.15) is 0 Å². The molecule has 10 heteroatoms. The SMILES string of the molecule is FC(F)(F)c1ccccc1C1=[NH+]C(N2CCNCC2)CC(Nc2n[nH]c3ccccc23)=N1. The van der Waals surface area contributed by atoms with Crippen LogP contribution in [-0.2, 0) is 6.18 Å². The molecule has 0 radical (unpaired) electrons. The molecule has 1 saturated heterocycles. The van der Waals surface area contributed by atoms with Crippen LogP contribution in [0.3, 0.4) is 0 Å². The van der Waals surface area contributed by atoms with Crippen LogP contribution in [0.4, 0.5) is 19.0 Å². The topological polar surface area (TPSA) is 82.3 Å². The van der Waals surface area contributed by atoms with Crippen molar-refractivity contribution in [1.29, 1.82) is 0 Å². The Morgan fingerprint density at radius 3 is 2.59 bits per heavy atom. The van der Waals surface area contributed by atoms with E-state index in [9.17, 15) is 13.2 Å². The van der Waals surface area contributed by atoms with Crippen molar-refractivity contribution in [2.75, 3.05) is 31.5 Å². The van der Waals surface area contributed by atoms with Gasteiger partial charge in [0.05, 0.1) is 23.1 Å². The first-order valence-corrected chi connectivity index (χ1v) is 10.5. The van der Waals surface area contributed by atoms with Gasteiger partial charge in [-0.1, -0.05) is 24.3 Å². The average Bonchev–Trinajstić information content (AvgIpc) is 3.22. The lowest BCUT2D eigenvalue weighted by atomic mass is 10.1. The Kier molecular flexibility index (Phi) is 5.40. The number of rotatable bonds is 3. The Morgan fingerprint density at radius 1 is 1.03 bits per heavy atom. The van der Waals surface area contributed by atoms with Crippen molar-refractivity contribution in [2.24, 2.45) is 4.99 Å². The Balaban J connectivity index is 1.54. The lowest BCUT2D eigenvalue weighted by Gasteiger charge is -2.32. The Bertz CT molecular complexity index is 1180. The third-order valence-corrected chi connectivity index (χ3v) is 5.75. The number of alkyl halides is 3. The highest BCUT2D eigenvalue weighted by molar-refractivity contribution is 6.10. The van der Waals surface area contributed by atoms with Gasteiger partial charge in [-0.15, -0.1) is 0 Å². The molecule has 1 atom stereocenters. The van der Waals surface area contributed by atoms with E-state index < -0.39 is 11.7 Å². The van der Waals surface area contributed by atoms with Gasteiger partial charge in [-0.3, -0.25) is 15.0 Å². The fourth-order valence-corrected chi connectivity index (χ4v) is 4.17. The molecule has 166 valence electrons. The highest BCUT2D eigenvalue weighted by Gasteiger charge is 2.39. The maximum Gasteiger partial charge on any atom is 0.417 e. The lowest BCUT2D eigenvalue weighted by molar-refractivity contribution is -0.534. The van der Waals surface area contributed by atoms with Crippen LogP contribution < -0.4 is 15.6 Å². The summed E-state index contributed by atoms with van der Waals surface area (Å²) >= 11 is 0. The van der Waals surface area contributed by atoms with Gasteiger partial charge in [-0.05, 0) is 29.3 Å². The van der Waals surface area contributed by atoms with Gasteiger partial charge >= 0.3 is 12.0 Å². The predicted molar refractivity (Wildman–Crippen MR) is 117 cm³/mol. The number of piperazine rings is 1. The summed E-state index contributed by atoms with van der Waals surface area (Å²) < 4.78 is 41.1. The highest BCUT2D eigenvalue weighted by Crippen LogP contribution is 2.32. The quantitative estimate of drug-likeness (QED) is 0.496. The third kappa shape index (κ3) is 4.11. The molecule has 2 aliphatic rings. The predicted octanol–water partition coefficient (Wildman–Crippen LogP) is 1.55. The molecule has 32 heavy (non-hydrogen) atoms. The fourth-order valence-electron chi connectivity index (χ4n) is 4.17. The van der Waals surface area contributed by atoms with Gasteiger partial charge in [0.15, 0.2) is 12.0 Å². The lowest BCUT2D eigenvalue weighted by Crippen LogP contribution is -2.86. The number of aliphatic imine (C=N–C) groups is 1. The molecule has 0 bridgehead atoms. The monoisotopic (exact) mass is 442 g/mol. The van der Waals surface area contributed by atoms with Crippen LogP contribution >= 0.6 is 0 Å². The largest absolute Gasteiger partial charge is 0.417 e. The Hall–Kier alpha value is -3.24. The van der Waals surface area contributed by atoms with Crippen molar-refractivity contribution in [3.63, 3.8) is 0 Å². The number of H-pyrrole nitrogens is 1. The molecule has 4 N–H and O–H groups in total. The smallest absolute Gasteiger partial charge is 0.314 e. The van der Waals surface area contributed by atoms with E-state index in [0.717, 1.165) is 43.1 Å². The Morgan fingerprint density at radius 2 is 1.78 bits per heavy atom. The molecule has 0 amide bonds. The van der Waals surface area contributed by atoms with Crippen molar-refractivity contribution < 1.29 is 18.2 Å². The Labute approximate surface area is 182 Å². The molecule has 1 fully saturated rings. The van der Waals surface area contributed by atoms with Crippen LogP contribution in [0.1, 0.15) is 17.5 Å². The van der Waals surface area contributed by atoms with E-state index in [1.54, 1.807) is 6.07 Å². The van der Waals surface area contributed by atoms with E-state index >= 15 is 0 Å². The molecule has 2 aromatic carbocycles.